The number of rotatable bonds is 6. The fraction of sp³-hybridized carbons (Fsp3) is 0.267. The van der Waals surface area contributed by atoms with Crippen molar-refractivity contribution in [3.8, 4) is 5.75 Å². The summed E-state index contributed by atoms with van der Waals surface area (Å²) in [6.07, 6.45) is 0.186. The molecule has 1 amide bonds. The molecule has 122 valence electrons. The number of carbonyl (C=O) groups is 1. The van der Waals surface area contributed by atoms with E-state index in [9.17, 15) is 13.2 Å². The van der Waals surface area contributed by atoms with Gasteiger partial charge in [0.25, 0.3) is 10.1 Å². The summed E-state index contributed by atoms with van der Waals surface area (Å²) in [7, 11) is -4.34. The molecule has 2 N–H and O–H groups in total. The lowest BCUT2D eigenvalue weighted by Gasteiger charge is -2.08. The number of carbonyl (C=O) groups excluding carboxylic acids is 1. The van der Waals surface area contributed by atoms with Crippen molar-refractivity contribution < 1.29 is 27.2 Å². The van der Waals surface area contributed by atoms with E-state index in [1.54, 1.807) is 18.2 Å². The highest BCUT2D eigenvalue weighted by atomic mass is 32.2. The summed E-state index contributed by atoms with van der Waals surface area (Å²) < 4.78 is 40.7. The summed E-state index contributed by atoms with van der Waals surface area (Å²) in [4.78, 5) is 11.5. The summed E-state index contributed by atoms with van der Waals surface area (Å²) >= 11 is 0. The van der Waals surface area contributed by atoms with Gasteiger partial charge < -0.3 is 14.8 Å². The van der Waals surface area contributed by atoms with Crippen LogP contribution < -0.4 is 10.1 Å². The van der Waals surface area contributed by atoms with E-state index < -0.39 is 21.8 Å². The van der Waals surface area contributed by atoms with Crippen LogP contribution in [-0.2, 0) is 19.6 Å². The van der Waals surface area contributed by atoms with Crippen LogP contribution in [0, 0.1) is 0 Å². The predicted octanol–water partition coefficient (Wildman–Crippen LogP) is 1.44. The third kappa shape index (κ3) is 4.65. The van der Waals surface area contributed by atoms with E-state index in [4.69, 9.17) is 14.0 Å². The quantitative estimate of drug-likeness (QED) is 0.610. The average molecular weight is 337 g/mol. The Morgan fingerprint density at radius 1 is 1.26 bits per heavy atom. The maximum absolute atomic E-state index is 11.5. The van der Waals surface area contributed by atoms with Crippen molar-refractivity contribution in [2.75, 3.05) is 24.3 Å². The molecular formula is C15H15NO6S. The zero-order valence-corrected chi connectivity index (χ0v) is 12.9. The zero-order chi connectivity index (χ0) is 16.4. The molecule has 7 nitrogen and oxygen atoms in total. The van der Waals surface area contributed by atoms with E-state index >= 15 is 0 Å². The van der Waals surface area contributed by atoms with Crippen molar-refractivity contribution >= 4 is 32.5 Å². The van der Waals surface area contributed by atoms with Crippen molar-refractivity contribution in [1.29, 1.82) is 0 Å². The molecule has 1 aliphatic rings. The third-order valence-corrected chi connectivity index (χ3v) is 3.87. The maximum Gasteiger partial charge on any atom is 0.274 e. The van der Waals surface area contributed by atoms with Crippen LogP contribution in [0.2, 0.25) is 0 Å². The summed E-state index contributed by atoms with van der Waals surface area (Å²) in [5.41, 5.74) is 0.450. The first kappa shape index (κ1) is 15.7. The van der Waals surface area contributed by atoms with Gasteiger partial charge in [0.2, 0.25) is 5.91 Å². The zero-order valence-electron chi connectivity index (χ0n) is 12.1. The van der Waals surface area contributed by atoms with E-state index in [-0.39, 0.29) is 6.10 Å². The third-order valence-electron chi connectivity index (χ3n) is 3.25. The molecule has 2 aromatic rings. The highest BCUT2D eigenvalue weighted by Crippen LogP contribution is 2.24. The van der Waals surface area contributed by atoms with Crippen molar-refractivity contribution in [2.45, 2.75) is 6.10 Å². The first-order chi connectivity index (χ1) is 10.9. The van der Waals surface area contributed by atoms with Gasteiger partial charge in [-0.05, 0) is 35.0 Å². The molecule has 1 unspecified atom stereocenters. The Kier molecular flexibility index (Phi) is 4.20. The molecule has 8 heteroatoms. The average Bonchev–Trinajstić information content (AvgIpc) is 3.27. The van der Waals surface area contributed by atoms with Crippen molar-refractivity contribution in [1.82, 2.24) is 0 Å². The number of fused-ring (bicyclic) bond motifs is 1. The second-order valence-corrected chi connectivity index (χ2v) is 6.72. The van der Waals surface area contributed by atoms with Crippen LogP contribution in [-0.4, -0.2) is 43.9 Å². The fourth-order valence-corrected chi connectivity index (χ4v) is 2.51. The summed E-state index contributed by atoms with van der Waals surface area (Å²) in [5, 5.41) is 4.22. The van der Waals surface area contributed by atoms with Gasteiger partial charge in [0, 0.05) is 5.69 Å². The van der Waals surface area contributed by atoms with E-state index in [0.717, 1.165) is 23.1 Å². The Morgan fingerprint density at radius 3 is 2.65 bits per heavy atom. The Morgan fingerprint density at radius 2 is 1.96 bits per heavy atom. The minimum Gasteiger partial charge on any atom is -0.491 e. The molecule has 0 aliphatic carbocycles. The Balaban J connectivity index is 1.71. The molecule has 1 aliphatic heterocycles. The number of hydrogen-bond acceptors (Lipinski definition) is 5. The van der Waals surface area contributed by atoms with Gasteiger partial charge in [-0.15, -0.1) is 0 Å². The largest absolute Gasteiger partial charge is 0.491 e. The lowest BCUT2D eigenvalue weighted by molar-refractivity contribution is -0.113. The highest BCUT2D eigenvalue weighted by molar-refractivity contribution is 7.86. The van der Waals surface area contributed by atoms with Gasteiger partial charge in [0.1, 0.15) is 18.5 Å². The van der Waals surface area contributed by atoms with Crippen LogP contribution in [0.15, 0.2) is 36.4 Å². The normalized spacial score (nSPS) is 17.0. The van der Waals surface area contributed by atoms with E-state index in [0.29, 0.717) is 12.3 Å². The Labute approximate surface area is 132 Å². The number of nitrogens with one attached hydrogen (secondary N) is 1. The topological polar surface area (TPSA) is 105 Å². The van der Waals surface area contributed by atoms with E-state index in [1.165, 1.54) is 0 Å². The minimum absolute atomic E-state index is 0.186. The first-order valence-electron chi connectivity index (χ1n) is 6.92. The van der Waals surface area contributed by atoms with Crippen LogP contribution in [0.1, 0.15) is 0 Å². The second-order valence-electron chi connectivity index (χ2n) is 5.26. The van der Waals surface area contributed by atoms with Crippen LogP contribution in [0.25, 0.3) is 10.8 Å². The number of amides is 1. The van der Waals surface area contributed by atoms with Gasteiger partial charge in [-0.2, -0.15) is 8.42 Å². The molecule has 1 atom stereocenters. The molecule has 0 radical (unpaired) electrons. The lowest BCUT2D eigenvalue weighted by Crippen LogP contribution is -2.22. The summed E-state index contributed by atoms with van der Waals surface area (Å²) in [6.45, 7) is 1.26. The predicted molar refractivity (Wildman–Crippen MR) is 84.2 cm³/mol. The van der Waals surface area contributed by atoms with Crippen LogP contribution in [0.3, 0.4) is 0 Å². The van der Waals surface area contributed by atoms with Crippen LogP contribution in [0.5, 0.6) is 5.75 Å². The summed E-state index contributed by atoms with van der Waals surface area (Å²) in [5.74, 6) is -1.03. The van der Waals surface area contributed by atoms with E-state index in [2.05, 4.69) is 5.32 Å². The monoisotopic (exact) mass is 337 g/mol. The number of anilines is 1. The number of epoxide rings is 1. The molecule has 3 rings (SSSR count). The molecule has 23 heavy (non-hydrogen) atoms. The maximum atomic E-state index is 11.5. The first-order valence-corrected chi connectivity index (χ1v) is 8.53. The van der Waals surface area contributed by atoms with Gasteiger partial charge in [0.15, 0.2) is 5.75 Å². The molecule has 0 saturated carbocycles. The molecule has 0 bridgehead atoms. The summed E-state index contributed by atoms with van der Waals surface area (Å²) in [6, 6.07) is 10.7. The van der Waals surface area contributed by atoms with Crippen LogP contribution in [0.4, 0.5) is 5.69 Å². The van der Waals surface area contributed by atoms with Crippen molar-refractivity contribution in [3.63, 3.8) is 0 Å². The molecule has 0 spiro atoms. The van der Waals surface area contributed by atoms with Gasteiger partial charge in [-0.25, -0.2) is 0 Å². The number of hydrogen-bond donors (Lipinski definition) is 2. The van der Waals surface area contributed by atoms with Crippen molar-refractivity contribution in [2.24, 2.45) is 0 Å². The van der Waals surface area contributed by atoms with E-state index in [1.807, 2.05) is 18.2 Å². The Bertz CT molecular complexity index is 844. The minimum atomic E-state index is -4.34. The standard InChI is InChI=1S/C15H15NO6S/c17-15(9-23(18,19)20)16-12-3-1-11-6-13(4-2-10(11)5-12)21-7-14-8-22-14/h1-6,14H,7-9H2,(H,16,17)(H,18,19,20). The number of benzene rings is 2. The highest BCUT2D eigenvalue weighted by Gasteiger charge is 2.23. The van der Waals surface area contributed by atoms with Gasteiger partial charge in [-0.1, -0.05) is 12.1 Å². The molecular weight excluding hydrogens is 322 g/mol. The molecule has 1 saturated heterocycles. The smallest absolute Gasteiger partial charge is 0.274 e. The van der Waals surface area contributed by atoms with Crippen molar-refractivity contribution in [3.05, 3.63) is 36.4 Å². The lowest BCUT2D eigenvalue weighted by atomic mass is 10.1. The second kappa shape index (κ2) is 6.15. The van der Waals surface area contributed by atoms with Gasteiger partial charge >= 0.3 is 0 Å². The van der Waals surface area contributed by atoms with Crippen LogP contribution >= 0.6 is 0 Å². The van der Waals surface area contributed by atoms with Gasteiger partial charge in [-0.3, -0.25) is 9.35 Å². The molecule has 2 aromatic carbocycles. The fourth-order valence-electron chi connectivity index (χ4n) is 2.11. The number of ether oxygens (including phenoxy) is 2. The Hall–Kier alpha value is -2.16. The molecule has 1 fully saturated rings. The SMILES string of the molecule is O=C(CS(=O)(=O)O)Nc1ccc2cc(OCC3CO3)ccc2c1. The molecule has 0 aromatic heterocycles. The van der Waals surface area contributed by atoms with Gasteiger partial charge in [0.05, 0.1) is 6.61 Å². The molecule has 1 heterocycles.